The molecule has 3 heterocycles. The molecule has 0 aromatic carbocycles. The van der Waals surface area contributed by atoms with Gasteiger partial charge in [0.1, 0.15) is 0 Å². The zero-order valence-electron chi connectivity index (χ0n) is 13.8. The van der Waals surface area contributed by atoms with E-state index in [0.717, 1.165) is 0 Å². The van der Waals surface area contributed by atoms with Crippen LogP contribution in [-0.2, 0) is 23.0 Å². The van der Waals surface area contributed by atoms with Gasteiger partial charge < -0.3 is 0 Å². The van der Waals surface area contributed by atoms with Crippen LogP contribution in [0.25, 0.3) is 0 Å². The van der Waals surface area contributed by atoms with Crippen LogP contribution in [0.15, 0.2) is 24.3 Å². The molecule has 0 aliphatic carbocycles. The Labute approximate surface area is 171 Å². The van der Waals surface area contributed by atoms with Crippen LogP contribution in [0.5, 0.6) is 0 Å². The molecule has 0 N–H and O–H groups in total. The van der Waals surface area contributed by atoms with Crippen LogP contribution in [0.4, 0.5) is 0 Å². The van der Waals surface area contributed by atoms with E-state index in [1.54, 1.807) is 19.5 Å². The minimum absolute atomic E-state index is 1.20. The molecule has 0 nitrogen and oxygen atoms in total. The topological polar surface area (TPSA) is 0 Å². The highest BCUT2D eigenvalue weighted by Gasteiger charge is 2.04. The Morgan fingerprint density at radius 3 is 1.04 bits per heavy atom. The lowest BCUT2D eigenvalue weighted by Gasteiger charge is -2.02. The van der Waals surface area contributed by atoms with Gasteiger partial charge in [-0.2, -0.15) is 47.0 Å². The van der Waals surface area contributed by atoms with Crippen molar-refractivity contribution >= 4 is 69.7 Å². The smallest absolute Gasteiger partial charge is 0.0279 e. The first-order chi connectivity index (χ1) is 11.9. The normalized spacial score (nSPS) is 19.0. The molecule has 0 radical (unpaired) electrons. The van der Waals surface area contributed by atoms with E-state index in [4.69, 9.17) is 0 Å². The predicted molar refractivity (Wildman–Crippen MR) is 123 cm³/mol. The molecule has 2 aromatic heterocycles. The highest BCUT2D eigenvalue weighted by Crippen LogP contribution is 2.28. The first-order valence-corrected chi connectivity index (χ1v) is 14.6. The second kappa shape index (κ2) is 11.5. The molecule has 3 rings (SSSR count). The standard InChI is InChI=1S/C18H24S6/c1-7-19-11-15-3-5-17(23-15)13-21-9-2-10-22-14-18-6-4-16(24-18)12-20-8-1/h3-6H,1-2,7-14H2. The summed E-state index contributed by atoms with van der Waals surface area (Å²) in [7, 11) is 0. The van der Waals surface area contributed by atoms with Crippen molar-refractivity contribution in [3.8, 4) is 0 Å². The molecule has 1 aliphatic heterocycles. The largest absolute Gasteiger partial charge is 0.156 e. The average Bonchev–Trinajstić information content (AvgIpc) is 3.22. The molecule has 24 heavy (non-hydrogen) atoms. The monoisotopic (exact) mass is 432 g/mol. The molecule has 4 bridgehead atoms. The molecule has 0 saturated carbocycles. The summed E-state index contributed by atoms with van der Waals surface area (Å²) in [6.07, 6.45) is 2.66. The fraction of sp³-hybridized carbons (Fsp3) is 0.556. The van der Waals surface area contributed by atoms with Crippen molar-refractivity contribution < 1.29 is 0 Å². The summed E-state index contributed by atoms with van der Waals surface area (Å²) in [5, 5.41) is 0. The first kappa shape index (κ1) is 19.6. The lowest BCUT2D eigenvalue weighted by Crippen LogP contribution is -1.86. The second-order valence-corrected chi connectivity index (χ2v) is 12.6. The van der Waals surface area contributed by atoms with Crippen molar-refractivity contribution in [3.63, 3.8) is 0 Å². The highest BCUT2D eigenvalue weighted by molar-refractivity contribution is 8.00. The van der Waals surface area contributed by atoms with E-state index in [9.17, 15) is 0 Å². The lowest BCUT2D eigenvalue weighted by atomic mass is 10.5. The Morgan fingerprint density at radius 2 is 0.750 bits per heavy atom. The minimum atomic E-state index is 1.20. The zero-order valence-corrected chi connectivity index (χ0v) is 18.7. The molecular weight excluding hydrogens is 409 g/mol. The maximum Gasteiger partial charge on any atom is 0.0279 e. The van der Waals surface area contributed by atoms with Gasteiger partial charge >= 0.3 is 0 Å². The summed E-state index contributed by atoms with van der Waals surface area (Å²) in [6.45, 7) is 0. The fourth-order valence-electron chi connectivity index (χ4n) is 2.37. The number of rotatable bonds is 0. The van der Waals surface area contributed by atoms with E-state index >= 15 is 0 Å². The van der Waals surface area contributed by atoms with Crippen molar-refractivity contribution in [1.82, 2.24) is 0 Å². The number of hydrogen-bond acceptors (Lipinski definition) is 6. The van der Waals surface area contributed by atoms with Gasteiger partial charge in [-0.05, 0) is 60.1 Å². The van der Waals surface area contributed by atoms with Crippen molar-refractivity contribution in [2.24, 2.45) is 0 Å². The molecular formula is C18H24S6. The SMILES string of the molecule is c1cc2sc1CSCCCSCc1ccc(s1)CSCCCSC2. The number of thiophene rings is 2. The molecule has 6 heteroatoms. The van der Waals surface area contributed by atoms with Crippen molar-refractivity contribution in [2.75, 3.05) is 23.0 Å². The number of hydrogen-bond donors (Lipinski definition) is 0. The molecule has 0 fully saturated rings. The Bertz CT molecular complexity index is 491. The Hall–Kier alpha value is 0.800. The molecule has 2 aromatic rings. The molecule has 0 amide bonds. The van der Waals surface area contributed by atoms with Gasteiger partial charge in [-0.3, -0.25) is 0 Å². The number of thioether (sulfide) groups is 4. The molecule has 0 saturated heterocycles. The van der Waals surface area contributed by atoms with E-state index < -0.39 is 0 Å². The second-order valence-electron chi connectivity index (χ2n) is 5.65. The fourth-order valence-corrected chi connectivity index (χ4v) is 9.06. The highest BCUT2D eigenvalue weighted by atomic mass is 32.2. The van der Waals surface area contributed by atoms with E-state index in [-0.39, 0.29) is 0 Å². The molecule has 0 spiro atoms. The van der Waals surface area contributed by atoms with E-state index in [2.05, 4.69) is 71.3 Å². The zero-order chi connectivity index (χ0) is 16.5. The van der Waals surface area contributed by atoms with Gasteiger partial charge in [0.15, 0.2) is 0 Å². The summed E-state index contributed by atoms with van der Waals surface area (Å²) in [6, 6.07) is 9.37. The van der Waals surface area contributed by atoms with Gasteiger partial charge in [-0.1, -0.05) is 0 Å². The van der Waals surface area contributed by atoms with Gasteiger partial charge in [0.05, 0.1) is 0 Å². The third kappa shape index (κ3) is 7.20. The van der Waals surface area contributed by atoms with Crippen molar-refractivity contribution in [2.45, 2.75) is 35.9 Å². The third-order valence-electron chi connectivity index (χ3n) is 3.57. The Balaban J connectivity index is 1.48. The van der Waals surface area contributed by atoms with E-state index in [0.29, 0.717) is 0 Å². The molecule has 1 aliphatic rings. The maximum absolute atomic E-state index is 2.34. The summed E-state index contributed by atoms with van der Waals surface area (Å²) in [5.74, 6) is 9.97. The molecule has 0 atom stereocenters. The summed E-state index contributed by atoms with van der Waals surface area (Å²) in [5.41, 5.74) is 0. The van der Waals surface area contributed by atoms with Crippen molar-refractivity contribution in [1.29, 1.82) is 0 Å². The maximum atomic E-state index is 2.34. The predicted octanol–water partition coefficient (Wildman–Crippen LogP) is 7.24. The molecule has 0 unspecified atom stereocenters. The first-order valence-electron chi connectivity index (χ1n) is 8.36. The lowest BCUT2D eigenvalue weighted by molar-refractivity contribution is 1.12. The van der Waals surface area contributed by atoms with Gasteiger partial charge in [-0.25, -0.2) is 0 Å². The van der Waals surface area contributed by atoms with Gasteiger partial charge in [0, 0.05) is 42.5 Å². The van der Waals surface area contributed by atoms with E-state index in [1.165, 1.54) is 58.9 Å². The summed E-state index contributed by atoms with van der Waals surface area (Å²) < 4.78 is 0. The Morgan fingerprint density at radius 1 is 0.458 bits per heavy atom. The van der Waals surface area contributed by atoms with Crippen LogP contribution < -0.4 is 0 Å². The van der Waals surface area contributed by atoms with Crippen LogP contribution >= 0.6 is 69.7 Å². The summed E-state index contributed by atoms with van der Waals surface area (Å²) in [4.78, 5) is 6.22. The number of fused-ring (bicyclic) bond motifs is 4. The average molecular weight is 433 g/mol. The van der Waals surface area contributed by atoms with Crippen molar-refractivity contribution in [3.05, 3.63) is 43.8 Å². The Kier molecular flexibility index (Phi) is 9.37. The van der Waals surface area contributed by atoms with Crippen LogP contribution in [0.3, 0.4) is 0 Å². The van der Waals surface area contributed by atoms with Crippen LogP contribution in [0.2, 0.25) is 0 Å². The quantitative estimate of drug-likeness (QED) is 0.430. The van der Waals surface area contributed by atoms with Crippen LogP contribution in [0, 0.1) is 0 Å². The molecule has 132 valence electrons. The van der Waals surface area contributed by atoms with Gasteiger partial charge in [0.2, 0.25) is 0 Å². The van der Waals surface area contributed by atoms with E-state index in [1.807, 2.05) is 22.7 Å². The summed E-state index contributed by atoms with van der Waals surface area (Å²) >= 11 is 12.4. The van der Waals surface area contributed by atoms with Crippen LogP contribution in [0.1, 0.15) is 32.4 Å². The third-order valence-corrected chi connectivity index (χ3v) is 10.8. The minimum Gasteiger partial charge on any atom is -0.156 e. The van der Waals surface area contributed by atoms with Crippen LogP contribution in [-0.4, -0.2) is 23.0 Å². The van der Waals surface area contributed by atoms with Gasteiger partial charge in [0.25, 0.3) is 0 Å². The van der Waals surface area contributed by atoms with Gasteiger partial charge in [-0.15, -0.1) is 22.7 Å².